The van der Waals surface area contributed by atoms with Gasteiger partial charge in [-0.15, -0.1) is 0 Å². The fraction of sp³-hybridized carbons (Fsp3) is 0.0769. The molecule has 0 saturated carbocycles. The molecule has 0 fully saturated rings. The van der Waals surface area contributed by atoms with E-state index in [4.69, 9.17) is 21.7 Å². The predicted octanol–water partition coefficient (Wildman–Crippen LogP) is 5.99. The van der Waals surface area contributed by atoms with Crippen LogP contribution in [-0.4, -0.2) is 23.0 Å². The fourth-order valence-corrected chi connectivity index (χ4v) is 5.49. The molecule has 5 aromatic rings. The normalized spacial score (nSPS) is 11.7. The number of nitrogens with zero attached hydrogens (tertiary/aromatic N) is 3. The second-order valence-electron chi connectivity index (χ2n) is 7.91. The van der Waals surface area contributed by atoms with Gasteiger partial charge >= 0.3 is 0 Å². The summed E-state index contributed by atoms with van der Waals surface area (Å²) in [7, 11) is -3.77. The molecule has 0 atom stereocenters. The van der Waals surface area contributed by atoms with Crippen molar-refractivity contribution in [1.82, 2.24) is 19.3 Å². The van der Waals surface area contributed by atoms with Crippen molar-refractivity contribution in [3.05, 3.63) is 107 Å². The van der Waals surface area contributed by atoms with Crippen LogP contribution in [0.5, 0.6) is 0 Å². The molecule has 35 heavy (non-hydrogen) atoms. The van der Waals surface area contributed by atoms with Crippen molar-refractivity contribution in [3.63, 3.8) is 0 Å². The number of imidazole rings is 1. The molecule has 0 saturated heterocycles. The minimum absolute atomic E-state index is 0.0157. The minimum Gasteiger partial charge on any atom is -0.227 e. The Balaban J connectivity index is 1.55. The molecule has 3 aromatic carbocycles. The molecule has 0 aliphatic carbocycles. The van der Waals surface area contributed by atoms with Crippen molar-refractivity contribution in [2.24, 2.45) is 0 Å². The molecule has 2 aromatic heterocycles. The van der Waals surface area contributed by atoms with E-state index >= 15 is 0 Å². The molecule has 0 aliphatic rings. The average molecular weight is 521 g/mol. The molecule has 2 heterocycles. The molecule has 0 spiro atoms. The van der Waals surface area contributed by atoms with Gasteiger partial charge in [0, 0.05) is 15.5 Å². The molecule has 6 nitrogen and oxygen atoms in total. The van der Waals surface area contributed by atoms with Crippen LogP contribution in [-0.2, 0) is 16.6 Å². The van der Waals surface area contributed by atoms with Crippen LogP contribution in [0.3, 0.4) is 0 Å². The van der Waals surface area contributed by atoms with E-state index in [9.17, 15) is 8.42 Å². The van der Waals surface area contributed by atoms with E-state index < -0.39 is 10.0 Å². The number of sulfonamides is 1. The molecule has 0 unspecified atom stereocenters. The highest BCUT2D eigenvalue weighted by atomic mass is 35.5. The van der Waals surface area contributed by atoms with Crippen LogP contribution >= 0.6 is 23.4 Å². The molecule has 0 aliphatic heterocycles. The van der Waals surface area contributed by atoms with Crippen molar-refractivity contribution in [2.45, 2.75) is 28.3 Å². The third kappa shape index (κ3) is 5.26. The summed E-state index contributed by atoms with van der Waals surface area (Å²) in [4.78, 5) is 5.98. The number of halogens is 1. The highest BCUT2D eigenvalue weighted by Gasteiger charge is 2.20. The van der Waals surface area contributed by atoms with Crippen LogP contribution in [0, 0.1) is 6.92 Å². The first-order valence-corrected chi connectivity index (χ1v) is 13.5. The lowest BCUT2D eigenvalue weighted by molar-refractivity contribution is 0.579. The lowest BCUT2D eigenvalue weighted by atomic mass is 10.1. The Morgan fingerprint density at radius 2 is 1.63 bits per heavy atom. The van der Waals surface area contributed by atoms with Gasteiger partial charge in [0.05, 0.1) is 22.8 Å². The Hall–Kier alpha value is -3.17. The summed E-state index contributed by atoms with van der Waals surface area (Å²) in [6, 6.07) is 27.8. The van der Waals surface area contributed by atoms with Crippen molar-refractivity contribution in [2.75, 3.05) is 0 Å². The van der Waals surface area contributed by atoms with Gasteiger partial charge in [0.25, 0.3) is 0 Å². The summed E-state index contributed by atoms with van der Waals surface area (Å²) in [5.41, 5.74) is 3.98. The smallest absolute Gasteiger partial charge is 0.227 e. The number of nitrogens with one attached hydrogen (secondary N) is 1. The summed E-state index contributed by atoms with van der Waals surface area (Å²) in [5.74, 6) is 0. The first kappa shape index (κ1) is 23.6. The lowest BCUT2D eigenvalue weighted by Gasteiger charge is -2.09. The highest BCUT2D eigenvalue weighted by molar-refractivity contribution is 7.99. The summed E-state index contributed by atoms with van der Waals surface area (Å²) in [6.07, 6.45) is 0. The second kappa shape index (κ2) is 9.83. The van der Waals surface area contributed by atoms with Crippen LogP contribution in [0.15, 0.2) is 106 Å². The third-order valence-electron chi connectivity index (χ3n) is 5.39. The van der Waals surface area contributed by atoms with Gasteiger partial charge in [-0.1, -0.05) is 71.4 Å². The minimum atomic E-state index is -3.77. The van der Waals surface area contributed by atoms with Crippen molar-refractivity contribution < 1.29 is 8.42 Å². The largest absolute Gasteiger partial charge is 0.240 e. The number of hydrogen-bond donors (Lipinski definition) is 1. The maximum absolute atomic E-state index is 13.0. The maximum Gasteiger partial charge on any atom is 0.240 e. The molecule has 5 rings (SSSR count). The summed E-state index contributed by atoms with van der Waals surface area (Å²) in [6.45, 7) is 2.03. The molecular formula is C26H21ClN4O2S2. The third-order valence-corrected chi connectivity index (χ3v) is 7.99. The summed E-state index contributed by atoms with van der Waals surface area (Å²) < 4.78 is 30.3. The quantitative estimate of drug-likeness (QED) is 0.285. The molecule has 1 N–H and O–H groups in total. The zero-order valence-corrected chi connectivity index (χ0v) is 21.1. The summed E-state index contributed by atoms with van der Waals surface area (Å²) in [5, 5.41) is 6.03. The number of aryl methyl sites for hydroxylation is 1. The van der Waals surface area contributed by atoms with Crippen LogP contribution in [0.2, 0.25) is 5.02 Å². The SMILES string of the molecule is Cc1ccc(-c2nc3ccc(Sc4ccccc4)nn3c2CNS(=O)(=O)c2ccc(Cl)cc2)cc1. The maximum atomic E-state index is 13.0. The van der Waals surface area contributed by atoms with Crippen LogP contribution in [0.25, 0.3) is 16.9 Å². The van der Waals surface area contributed by atoms with E-state index in [-0.39, 0.29) is 11.4 Å². The van der Waals surface area contributed by atoms with Gasteiger partial charge in [0.15, 0.2) is 5.65 Å². The van der Waals surface area contributed by atoms with Crippen molar-refractivity contribution >= 4 is 39.0 Å². The molecule has 0 amide bonds. The Bertz CT molecular complexity index is 1590. The summed E-state index contributed by atoms with van der Waals surface area (Å²) >= 11 is 7.45. The van der Waals surface area contributed by atoms with E-state index in [1.54, 1.807) is 16.6 Å². The molecular weight excluding hydrogens is 500 g/mol. The molecule has 9 heteroatoms. The van der Waals surface area contributed by atoms with Gasteiger partial charge in [-0.25, -0.2) is 22.6 Å². The number of rotatable bonds is 7. The first-order valence-electron chi connectivity index (χ1n) is 10.8. The number of benzene rings is 3. The Labute approximate surface area is 213 Å². The van der Waals surface area contributed by atoms with Gasteiger partial charge in [0.2, 0.25) is 10.0 Å². The van der Waals surface area contributed by atoms with Crippen molar-refractivity contribution in [1.29, 1.82) is 0 Å². The second-order valence-corrected chi connectivity index (χ2v) is 11.2. The van der Waals surface area contributed by atoms with E-state index in [1.165, 1.54) is 23.9 Å². The van der Waals surface area contributed by atoms with E-state index in [1.807, 2.05) is 73.7 Å². The van der Waals surface area contributed by atoms with Gasteiger partial charge in [-0.05, 0) is 55.5 Å². The Morgan fingerprint density at radius 1 is 0.914 bits per heavy atom. The number of hydrogen-bond acceptors (Lipinski definition) is 5. The zero-order valence-electron chi connectivity index (χ0n) is 18.7. The van der Waals surface area contributed by atoms with Crippen LogP contribution in [0.4, 0.5) is 0 Å². The average Bonchev–Trinajstić information content (AvgIpc) is 3.22. The highest BCUT2D eigenvalue weighted by Crippen LogP contribution is 2.29. The van der Waals surface area contributed by atoms with Gasteiger partial charge in [0.1, 0.15) is 5.03 Å². The Morgan fingerprint density at radius 3 is 2.34 bits per heavy atom. The predicted molar refractivity (Wildman–Crippen MR) is 139 cm³/mol. The van der Waals surface area contributed by atoms with Gasteiger partial charge < -0.3 is 0 Å². The van der Waals surface area contributed by atoms with E-state index in [0.29, 0.717) is 22.1 Å². The topological polar surface area (TPSA) is 76.4 Å². The molecule has 176 valence electrons. The molecule has 0 bridgehead atoms. The first-order chi connectivity index (χ1) is 16.9. The van der Waals surface area contributed by atoms with E-state index in [0.717, 1.165) is 21.0 Å². The van der Waals surface area contributed by atoms with Crippen molar-refractivity contribution in [3.8, 4) is 11.3 Å². The van der Waals surface area contributed by atoms with E-state index in [2.05, 4.69) is 4.72 Å². The lowest BCUT2D eigenvalue weighted by Crippen LogP contribution is -2.24. The number of fused-ring (bicyclic) bond motifs is 1. The standard InChI is InChI=1S/C26H21ClN4O2S2/c1-18-7-9-19(10-8-18)26-23(17-28-35(32,33)22-13-11-20(27)12-14-22)31-24(29-26)15-16-25(30-31)34-21-5-3-2-4-6-21/h2-16,28H,17H2,1H3. The molecule has 0 radical (unpaired) electrons. The van der Waals surface area contributed by atoms with Gasteiger partial charge in [-0.2, -0.15) is 5.10 Å². The zero-order chi connectivity index (χ0) is 24.4. The Kier molecular flexibility index (Phi) is 6.62. The fourth-order valence-electron chi connectivity index (χ4n) is 3.59. The monoisotopic (exact) mass is 520 g/mol. The number of aromatic nitrogens is 3. The van der Waals surface area contributed by atoms with Crippen LogP contribution < -0.4 is 4.72 Å². The van der Waals surface area contributed by atoms with Gasteiger partial charge in [-0.3, -0.25) is 0 Å². The van der Waals surface area contributed by atoms with Crippen LogP contribution in [0.1, 0.15) is 11.3 Å².